The summed E-state index contributed by atoms with van der Waals surface area (Å²) >= 11 is 1.24. The van der Waals surface area contributed by atoms with Crippen LogP contribution < -0.4 is 10.2 Å². The molecule has 1 saturated heterocycles. The maximum Gasteiger partial charge on any atom is 0.306 e. The number of imide groups is 1. The van der Waals surface area contributed by atoms with Gasteiger partial charge in [0.05, 0.1) is 28.7 Å². The zero-order valence-corrected chi connectivity index (χ0v) is 25.7. The van der Waals surface area contributed by atoms with Crippen molar-refractivity contribution >= 4 is 64.0 Å². The summed E-state index contributed by atoms with van der Waals surface area (Å²) in [5, 5.41) is 10.5. The van der Waals surface area contributed by atoms with Crippen LogP contribution in [0.3, 0.4) is 0 Å². The molecule has 232 valence electrons. The molecule has 1 aliphatic rings. The molecule has 0 unspecified atom stereocenters. The molecule has 1 aliphatic heterocycles. The van der Waals surface area contributed by atoms with E-state index in [0.717, 1.165) is 5.56 Å². The molecule has 0 radical (unpaired) electrons. The third-order valence-electron chi connectivity index (χ3n) is 6.94. The molecular weight excluding hydrogens is 604 g/mol. The maximum atomic E-state index is 13.2. The predicted molar refractivity (Wildman–Crippen MR) is 175 cm³/mol. The number of nitrogens with one attached hydrogen (secondary N) is 1. The number of carbonyl (C=O) groups excluding carboxylic acids is 5. The van der Waals surface area contributed by atoms with E-state index in [9.17, 15) is 24.0 Å². The number of ketones is 1. The van der Waals surface area contributed by atoms with Crippen molar-refractivity contribution in [3.63, 3.8) is 0 Å². The van der Waals surface area contributed by atoms with Crippen molar-refractivity contribution < 1.29 is 28.7 Å². The van der Waals surface area contributed by atoms with Crippen LogP contribution in [0.1, 0.15) is 35.2 Å². The van der Waals surface area contributed by atoms with Gasteiger partial charge in [-0.1, -0.05) is 54.1 Å². The number of hydrogen-bond donors (Lipinski definition) is 1. The molecule has 4 aromatic carbocycles. The molecule has 3 amide bonds. The first-order chi connectivity index (χ1) is 22.2. The number of anilines is 2. The van der Waals surface area contributed by atoms with Crippen LogP contribution in [-0.4, -0.2) is 41.3 Å². The second-order valence-electron chi connectivity index (χ2n) is 10.5. The summed E-state index contributed by atoms with van der Waals surface area (Å²) < 4.78 is 5.03. The van der Waals surface area contributed by atoms with Gasteiger partial charge in [-0.2, -0.15) is 10.2 Å². The van der Waals surface area contributed by atoms with Crippen molar-refractivity contribution in [3.05, 3.63) is 114 Å². The Morgan fingerprint density at radius 3 is 2.26 bits per heavy atom. The minimum atomic E-state index is -0.653. The first-order valence-corrected chi connectivity index (χ1v) is 15.4. The lowest BCUT2D eigenvalue weighted by Crippen LogP contribution is -2.31. The minimum Gasteiger partial charge on any atom is -0.457 e. The Morgan fingerprint density at radius 1 is 0.848 bits per heavy atom. The first kappa shape index (κ1) is 32.0. The van der Waals surface area contributed by atoms with Crippen molar-refractivity contribution in [2.24, 2.45) is 10.2 Å². The number of azo groups is 1. The van der Waals surface area contributed by atoms with E-state index in [1.807, 2.05) is 37.3 Å². The lowest BCUT2D eigenvalue weighted by atomic mass is 10.1. The molecule has 0 aliphatic carbocycles. The smallest absolute Gasteiger partial charge is 0.306 e. The topological polar surface area (TPSA) is 135 Å². The number of thioether (sulfide) groups is 1. The number of hydrogen-bond acceptors (Lipinski definition) is 9. The average molecular weight is 635 g/mol. The van der Waals surface area contributed by atoms with Crippen LogP contribution in [0.4, 0.5) is 22.7 Å². The summed E-state index contributed by atoms with van der Waals surface area (Å²) in [5.41, 5.74) is 3.69. The van der Waals surface area contributed by atoms with Gasteiger partial charge in [-0.3, -0.25) is 24.0 Å². The Morgan fingerprint density at radius 2 is 1.54 bits per heavy atom. The molecule has 0 spiro atoms. The van der Waals surface area contributed by atoms with E-state index >= 15 is 0 Å². The van der Waals surface area contributed by atoms with Crippen LogP contribution in [-0.2, 0) is 23.9 Å². The predicted octanol–water partition coefficient (Wildman–Crippen LogP) is 6.98. The van der Waals surface area contributed by atoms with Gasteiger partial charge in [0.1, 0.15) is 0 Å². The summed E-state index contributed by atoms with van der Waals surface area (Å²) in [6, 6.07) is 29.8. The number of carbonyl (C=O) groups is 5. The molecule has 1 atom stereocenters. The number of aryl methyl sites for hydroxylation is 1. The highest BCUT2D eigenvalue weighted by atomic mass is 32.2. The number of amides is 3. The molecule has 0 bridgehead atoms. The largest absolute Gasteiger partial charge is 0.457 e. The Labute approximate surface area is 269 Å². The number of ether oxygens (including phenoxy) is 1. The van der Waals surface area contributed by atoms with Crippen molar-refractivity contribution in [1.82, 2.24) is 0 Å². The van der Waals surface area contributed by atoms with Gasteiger partial charge in [-0.15, -0.1) is 11.8 Å². The van der Waals surface area contributed by atoms with Gasteiger partial charge in [0, 0.05) is 29.0 Å². The minimum absolute atomic E-state index is 0.0318. The normalized spacial score (nSPS) is 14.5. The van der Waals surface area contributed by atoms with Crippen molar-refractivity contribution in [2.45, 2.75) is 36.3 Å². The van der Waals surface area contributed by atoms with Gasteiger partial charge in [-0.25, -0.2) is 4.90 Å². The van der Waals surface area contributed by atoms with Crippen LogP contribution in [0.15, 0.2) is 118 Å². The number of esters is 1. The molecule has 1 heterocycles. The monoisotopic (exact) mass is 634 g/mol. The van der Waals surface area contributed by atoms with Gasteiger partial charge in [-0.05, 0) is 61.5 Å². The molecular formula is C35H30N4O6S. The number of rotatable bonds is 12. The number of benzene rings is 4. The van der Waals surface area contributed by atoms with Crippen LogP contribution in [0, 0.1) is 6.92 Å². The highest BCUT2D eigenvalue weighted by Crippen LogP contribution is 2.35. The van der Waals surface area contributed by atoms with Crippen LogP contribution >= 0.6 is 11.8 Å². The molecule has 1 N–H and O–H groups in total. The molecule has 0 saturated carbocycles. The summed E-state index contributed by atoms with van der Waals surface area (Å²) in [7, 11) is 0. The lowest BCUT2D eigenvalue weighted by Gasteiger charge is -2.15. The quantitative estimate of drug-likeness (QED) is 0.0769. The molecule has 11 heteroatoms. The van der Waals surface area contributed by atoms with Gasteiger partial charge in [0.2, 0.25) is 17.7 Å². The standard InChI is InChI=1S/C35H30N4O6S/c1-23-10-12-24(13-11-23)30(40)22-45-34(43)19-18-32(41)36-27-8-5-9-29(20-27)46-31-21-33(42)39(35(31)44)28-16-14-26(15-17-28)38-37-25-6-3-2-4-7-25/h2-17,20,31H,18-19,21-22H2,1H3,(H,36,41)/t31-/m0/s1. The van der Waals surface area contributed by atoms with E-state index in [2.05, 4.69) is 15.5 Å². The average Bonchev–Trinajstić information content (AvgIpc) is 3.34. The highest BCUT2D eigenvalue weighted by Gasteiger charge is 2.40. The Balaban J connectivity index is 1.10. The van der Waals surface area contributed by atoms with Crippen molar-refractivity contribution in [1.29, 1.82) is 0 Å². The van der Waals surface area contributed by atoms with Crippen molar-refractivity contribution in [3.8, 4) is 0 Å². The summed E-state index contributed by atoms with van der Waals surface area (Å²) in [6.07, 6.45) is -0.289. The van der Waals surface area contributed by atoms with E-state index in [4.69, 9.17) is 4.74 Å². The van der Waals surface area contributed by atoms with Gasteiger partial charge < -0.3 is 10.1 Å². The summed E-state index contributed by atoms with van der Waals surface area (Å²) in [4.78, 5) is 64.7. The second kappa shape index (κ2) is 15.0. The highest BCUT2D eigenvalue weighted by molar-refractivity contribution is 8.00. The van der Waals surface area contributed by atoms with E-state index in [1.165, 1.54) is 16.7 Å². The molecule has 5 rings (SSSR count). The molecule has 4 aromatic rings. The van der Waals surface area contributed by atoms with Gasteiger partial charge >= 0.3 is 5.97 Å². The Hall–Kier alpha value is -5.42. The second-order valence-corrected chi connectivity index (χ2v) is 11.7. The zero-order chi connectivity index (χ0) is 32.5. The molecule has 1 fully saturated rings. The third kappa shape index (κ3) is 8.60. The Kier molecular flexibility index (Phi) is 10.5. The molecule has 10 nitrogen and oxygen atoms in total. The van der Waals surface area contributed by atoms with Crippen LogP contribution in [0.2, 0.25) is 0 Å². The zero-order valence-electron chi connectivity index (χ0n) is 24.9. The molecule has 46 heavy (non-hydrogen) atoms. The fraction of sp³-hybridized carbons (Fsp3) is 0.171. The summed E-state index contributed by atoms with van der Waals surface area (Å²) in [6.45, 7) is 1.51. The van der Waals surface area contributed by atoms with Crippen LogP contribution in [0.25, 0.3) is 0 Å². The third-order valence-corrected chi connectivity index (χ3v) is 8.12. The SMILES string of the molecule is Cc1ccc(C(=O)COC(=O)CCC(=O)Nc2cccc(S[C@H]3CC(=O)N(c4ccc(N=Nc5ccccc5)cc4)C3=O)c2)cc1. The van der Waals surface area contributed by atoms with E-state index in [0.29, 0.717) is 33.2 Å². The summed E-state index contributed by atoms with van der Waals surface area (Å²) in [5.74, 6) is -2.02. The number of Topliss-reactive ketones (excluding diaryl/α,β-unsaturated/α-hetero) is 1. The van der Waals surface area contributed by atoms with E-state index < -0.39 is 23.7 Å². The van der Waals surface area contributed by atoms with Gasteiger partial charge in [0.15, 0.2) is 12.4 Å². The fourth-order valence-electron chi connectivity index (χ4n) is 4.54. The van der Waals surface area contributed by atoms with E-state index in [-0.39, 0.29) is 36.9 Å². The maximum absolute atomic E-state index is 13.2. The number of nitrogens with zero attached hydrogens (tertiary/aromatic N) is 3. The Bertz CT molecular complexity index is 1780. The lowest BCUT2D eigenvalue weighted by molar-refractivity contribution is -0.143. The van der Waals surface area contributed by atoms with Crippen LogP contribution in [0.5, 0.6) is 0 Å². The fourth-order valence-corrected chi connectivity index (χ4v) is 5.65. The van der Waals surface area contributed by atoms with Crippen molar-refractivity contribution in [2.75, 3.05) is 16.8 Å². The van der Waals surface area contributed by atoms with Gasteiger partial charge in [0.25, 0.3) is 0 Å². The first-order valence-electron chi connectivity index (χ1n) is 14.5. The van der Waals surface area contributed by atoms with E-state index in [1.54, 1.807) is 72.8 Å². The molecule has 0 aromatic heterocycles.